The fraction of sp³-hybridized carbons (Fsp3) is 0.333. The second kappa shape index (κ2) is 9.47. The van der Waals surface area contributed by atoms with Gasteiger partial charge >= 0.3 is 12.0 Å². The summed E-state index contributed by atoms with van der Waals surface area (Å²) in [6.45, 7) is 6.34. The monoisotopic (exact) mass is 412 g/mol. The molecule has 0 aliphatic heterocycles. The first-order valence-electron chi connectivity index (χ1n) is 9.50. The topological polar surface area (TPSA) is 97.2 Å². The average Bonchev–Trinajstić information content (AvgIpc) is 3.14. The standard InChI is InChI=1S/C21H24N4O3S/c1-4-14(9-19(26)27)15-6-7-17(20-24-13(3)12-29-20)18(8-15)25-16-10-22-21(23-11-16)28-5-2/h6-8,10-12,14,25H,4-5,9H2,1-3H3,(H,26,27)/t14-/m1/s1. The van der Waals surface area contributed by atoms with Gasteiger partial charge in [0.05, 0.1) is 31.1 Å². The molecule has 2 heterocycles. The van der Waals surface area contributed by atoms with Crippen LogP contribution in [-0.4, -0.2) is 32.6 Å². The van der Waals surface area contributed by atoms with Gasteiger partial charge in [-0.3, -0.25) is 4.79 Å². The third-order valence-corrected chi connectivity index (χ3v) is 5.45. The molecule has 0 unspecified atom stereocenters. The molecule has 1 aromatic carbocycles. The molecule has 3 rings (SSSR count). The molecule has 0 fully saturated rings. The number of carboxylic acid groups (broad SMARTS) is 1. The first kappa shape index (κ1) is 20.7. The van der Waals surface area contributed by atoms with E-state index in [9.17, 15) is 9.90 Å². The molecule has 3 aromatic rings. The summed E-state index contributed by atoms with van der Waals surface area (Å²) in [6.07, 6.45) is 4.16. The minimum Gasteiger partial charge on any atom is -0.481 e. The maximum atomic E-state index is 11.2. The summed E-state index contributed by atoms with van der Waals surface area (Å²) in [6, 6.07) is 6.31. The molecule has 0 radical (unpaired) electrons. The number of aryl methyl sites for hydroxylation is 1. The Morgan fingerprint density at radius 3 is 2.62 bits per heavy atom. The molecule has 7 nitrogen and oxygen atoms in total. The lowest BCUT2D eigenvalue weighted by Crippen LogP contribution is -2.06. The van der Waals surface area contributed by atoms with Crippen molar-refractivity contribution in [3.63, 3.8) is 0 Å². The van der Waals surface area contributed by atoms with Crippen LogP contribution in [0, 0.1) is 6.92 Å². The highest BCUT2D eigenvalue weighted by Crippen LogP contribution is 2.36. The SMILES string of the molecule is CCOc1ncc(Nc2cc([C@H](CC)CC(=O)O)ccc2-c2nc(C)cs2)cn1. The van der Waals surface area contributed by atoms with Gasteiger partial charge in [-0.1, -0.05) is 13.0 Å². The molecular formula is C21H24N4O3S. The Morgan fingerprint density at radius 2 is 2.03 bits per heavy atom. The van der Waals surface area contributed by atoms with Gasteiger partial charge in [-0.2, -0.15) is 0 Å². The normalized spacial score (nSPS) is 11.8. The van der Waals surface area contributed by atoms with Crippen molar-refractivity contribution in [2.75, 3.05) is 11.9 Å². The van der Waals surface area contributed by atoms with Crippen molar-refractivity contribution in [2.24, 2.45) is 0 Å². The van der Waals surface area contributed by atoms with Crippen LogP contribution in [0.4, 0.5) is 11.4 Å². The molecule has 0 spiro atoms. The minimum atomic E-state index is -0.800. The van der Waals surface area contributed by atoms with E-state index in [1.165, 1.54) is 0 Å². The third-order valence-electron chi connectivity index (χ3n) is 4.46. The van der Waals surface area contributed by atoms with Gasteiger partial charge in [-0.25, -0.2) is 15.0 Å². The van der Waals surface area contributed by atoms with E-state index in [1.54, 1.807) is 23.7 Å². The molecule has 0 saturated carbocycles. The predicted molar refractivity (Wildman–Crippen MR) is 114 cm³/mol. The van der Waals surface area contributed by atoms with E-state index < -0.39 is 5.97 Å². The Labute approximate surface area is 173 Å². The quantitative estimate of drug-likeness (QED) is 0.509. The molecule has 29 heavy (non-hydrogen) atoms. The van der Waals surface area contributed by atoms with Crippen molar-refractivity contribution < 1.29 is 14.6 Å². The molecule has 0 amide bonds. The van der Waals surface area contributed by atoms with Gasteiger partial charge in [0.15, 0.2) is 0 Å². The maximum absolute atomic E-state index is 11.2. The molecule has 2 N–H and O–H groups in total. The lowest BCUT2D eigenvalue weighted by molar-refractivity contribution is -0.137. The zero-order valence-corrected chi connectivity index (χ0v) is 17.5. The molecule has 8 heteroatoms. The van der Waals surface area contributed by atoms with Crippen LogP contribution < -0.4 is 10.1 Å². The summed E-state index contributed by atoms with van der Waals surface area (Å²) in [5.74, 6) is -0.859. The van der Waals surface area contributed by atoms with Crippen molar-refractivity contribution in [3.8, 4) is 16.6 Å². The maximum Gasteiger partial charge on any atom is 0.316 e. The second-order valence-electron chi connectivity index (χ2n) is 6.61. The lowest BCUT2D eigenvalue weighted by atomic mass is 9.92. The number of carboxylic acids is 1. The van der Waals surface area contributed by atoms with Gasteiger partial charge in [0.1, 0.15) is 5.01 Å². The number of aliphatic carboxylic acids is 1. The summed E-state index contributed by atoms with van der Waals surface area (Å²) in [7, 11) is 0. The molecule has 2 aromatic heterocycles. The Bertz CT molecular complexity index is 972. The molecule has 1 atom stereocenters. The number of ether oxygens (including phenoxy) is 1. The first-order chi connectivity index (χ1) is 14.0. The first-order valence-corrected chi connectivity index (χ1v) is 10.4. The van der Waals surface area contributed by atoms with Gasteiger partial charge in [0.25, 0.3) is 0 Å². The Kier molecular flexibility index (Phi) is 6.77. The Balaban J connectivity index is 1.97. The van der Waals surface area contributed by atoms with Crippen molar-refractivity contribution in [3.05, 3.63) is 47.2 Å². The summed E-state index contributed by atoms with van der Waals surface area (Å²) >= 11 is 1.57. The highest BCUT2D eigenvalue weighted by atomic mass is 32.1. The van der Waals surface area contributed by atoms with Gasteiger partial charge < -0.3 is 15.2 Å². The zero-order chi connectivity index (χ0) is 20.8. The number of nitrogens with zero attached hydrogens (tertiary/aromatic N) is 3. The largest absolute Gasteiger partial charge is 0.481 e. The van der Waals surface area contributed by atoms with Crippen LogP contribution >= 0.6 is 11.3 Å². The number of hydrogen-bond acceptors (Lipinski definition) is 7. The molecule has 0 saturated heterocycles. The Morgan fingerprint density at radius 1 is 1.28 bits per heavy atom. The van der Waals surface area contributed by atoms with E-state index in [4.69, 9.17) is 4.74 Å². The van der Waals surface area contributed by atoms with Gasteiger partial charge in [0.2, 0.25) is 0 Å². The van der Waals surface area contributed by atoms with Crippen LogP contribution in [0.15, 0.2) is 36.0 Å². The van der Waals surface area contributed by atoms with Crippen molar-refractivity contribution >= 4 is 28.7 Å². The van der Waals surface area contributed by atoms with Crippen molar-refractivity contribution in [1.29, 1.82) is 0 Å². The van der Waals surface area contributed by atoms with E-state index in [1.807, 2.05) is 44.4 Å². The van der Waals surface area contributed by atoms with Gasteiger partial charge in [-0.15, -0.1) is 11.3 Å². The van der Waals surface area contributed by atoms with E-state index in [0.29, 0.717) is 18.3 Å². The van der Waals surface area contributed by atoms with Crippen molar-refractivity contribution in [2.45, 2.75) is 39.5 Å². The fourth-order valence-corrected chi connectivity index (χ4v) is 3.87. The smallest absolute Gasteiger partial charge is 0.316 e. The average molecular weight is 413 g/mol. The van der Waals surface area contributed by atoms with E-state index in [2.05, 4.69) is 20.3 Å². The molecule has 0 aliphatic rings. The summed E-state index contributed by atoms with van der Waals surface area (Å²) < 4.78 is 5.30. The molecule has 0 bridgehead atoms. The molecule has 152 valence electrons. The zero-order valence-electron chi connectivity index (χ0n) is 16.7. The molecular weight excluding hydrogens is 388 g/mol. The van der Waals surface area contributed by atoms with Crippen LogP contribution in [0.3, 0.4) is 0 Å². The number of nitrogens with one attached hydrogen (secondary N) is 1. The van der Waals surface area contributed by atoms with Crippen LogP contribution in [0.1, 0.15) is 43.9 Å². The number of carbonyl (C=O) groups is 1. The van der Waals surface area contributed by atoms with E-state index >= 15 is 0 Å². The number of rotatable bonds is 9. The third kappa shape index (κ3) is 5.29. The highest BCUT2D eigenvalue weighted by Gasteiger charge is 2.17. The number of hydrogen-bond donors (Lipinski definition) is 2. The number of aromatic nitrogens is 3. The summed E-state index contributed by atoms with van der Waals surface area (Å²) in [5.41, 5.74) is 4.44. The summed E-state index contributed by atoms with van der Waals surface area (Å²) in [4.78, 5) is 24.2. The van der Waals surface area contributed by atoms with Crippen LogP contribution in [-0.2, 0) is 4.79 Å². The summed E-state index contributed by atoms with van der Waals surface area (Å²) in [5, 5.41) is 15.5. The lowest BCUT2D eigenvalue weighted by Gasteiger charge is -2.17. The Hall–Kier alpha value is -3.00. The highest BCUT2D eigenvalue weighted by molar-refractivity contribution is 7.13. The fourth-order valence-electron chi connectivity index (χ4n) is 3.03. The van der Waals surface area contributed by atoms with Crippen LogP contribution in [0.5, 0.6) is 6.01 Å². The second-order valence-corrected chi connectivity index (χ2v) is 7.47. The van der Waals surface area contributed by atoms with Gasteiger partial charge in [0, 0.05) is 22.3 Å². The number of thiazole rings is 1. The van der Waals surface area contributed by atoms with Crippen molar-refractivity contribution in [1.82, 2.24) is 15.0 Å². The minimum absolute atomic E-state index is 0.0586. The van der Waals surface area contributed by atoms with Gasteiger partial charge in [-0.05, 0) is 43.9 Å². The van der Waals surface area contributed by atoms with E-state index in [0.717, 1.165) is 33.9 Å². The number of benzene rings is 1. The van der Waals surface area contributed by atoms with E-state index in [-0.39, 0.29) is 12.3 Å². The number of anilines is 2. The predicted octanol–water partition coefficient (Wildman–Crippen LogP) is 5.02. The van der Waals surface area contributed by atoms with Crippen LogP contribution in [0.2, 0.25) is 0 Å². The molecule has 0 aliphatic carbocycles. The van der Waals surface area contributed by atoms with Crippen LogP contribution in [0.25, 0.3) is 10.6 Å².